The van der Waals surface area contributed by atoms with E-state index in [1.807, 2.05) is 4.90 Å². The quantitative estimate of drug-likeness (QED) is 0.516. The van der Waals surface area contributed by atoms with Gasteiger partial charge in [-0.3, -0.25) is 19.6 Å². The fourth-order valence-electron chi connectivity index (χ4n) is 5.75. The van der Waals surface area contributed by atoms with Crippen LogP contribution in [0.3, 0.4) is 0 Å². The van der Waals surface area contributed by atoms with Crippen molar-refractivity contribution in [2.45, 2.75) is 63.1 Å². The van der Waals surface area contributed by atoms with Gasteiger partial charge in [0.25, 0.3) is 5.91 Å². The van der Waals surface area contributed by atoms with Crippen molar-refractivity contribution >= 4 is 11.8 Å². The smallest absolute Gasteiger partial charge is 0.272 e. The number of methoxy groups -OCH3 is 1. The van der Waals surface area contributed by atoms with Crippen molar-refractivity contribution in [1.82, 2.24) is 30.3 Å². The lowest BCUT2D eigenvalue weighted by atomic mass is 9.87. The molecule has 1 spiro atoms. The number of pyridine rings is 1. The van der Waals surface area contributed by atoms with Gasteiger partial charge in [0.05, 0.1) is 24.6 Å². The summed E-state index contributed by atoms with van der Waals surface area (Å²) < 4.78 is 19.4. The number of aromatic amines is 1. The van der Waals surface area contributed by atoms with E-state index in [1.54, 1.807) is 19.9 Å². The van der Waals surface area contributed by atoms with E-state index in [0.717, 1.165) is 38.5 Å². The molecule has 0 bridgehead atoms. The topological polar surface area (TPSA) is 124 Å². The third-order valence-electron chi connectivity index (χ3n) is 7.70. The van der Waals surface area contributed by atoms with Crippen molar-refractivity contribution in [2.24, 2.45) is 5.92 Å². The third-order valence-corrected chi connectivity index (χ3v) is 7.70. The maximum Gasteiger partial charge on any atom is 0.272 e. The second-order valence-corrected chi connectivity index (χ2v) is 11.3. The molecule has 0 aromatic carbocycles. The van der Waals surface area contributed by atoms with E-state index in [4.69, 9.17) is 4.74 Å². The molecular formula is C26H35FN6O4. The van der Waals surface area contributed by atoms with Crippen LogP contribution in [0.4, 0.5) is 4.39 Å². The second kappa shape index (κ2) is 9.68. The number of rotatable bonds is 7. The number of β-amino-alcohol motifs (C(OH)–C–C–N with tert-alkyl or cyclic N) is 1. The van der Waals surface area contributed by atoms with Gasteiger partial charge in [-0.1, -0.05) is 0 Å². The summed E-state index contributed by atoms with van der Waals surface area (Å²) >= 11 is 0. The van der Waals surface area contributed by atoms with E-state index in [9.17, 15) is 19.1 Å². The summed E-state index contributed by atoms with van der Waals surface area (Å²) in [4.78, 5) is 34.4. The molecule has 3 fully saturated rings. The fourth-order valence-corrected chi connectivity index (χ4v) is 5.75. The van der Waals surface area contributed by atoms with Gasteiger partial charge in [-0.05, 0) is 52.0 Å². The number of hydrogen-bond acceptors (Lipinski definition) is 7. The Morgan fingerprint density at radius 2 is 2.08 bits per heavy atom. The molecule has 2 amide bonds. The first-order chi connectivity index (χ1) is 17.6. The summed E-state index contributed by atoms with van der Waals surface area (Å²) in [5.74, 6) is -0.561. The summed E-state index contributed by atoms with van der Waals surface area (Å²) in [6.07, 6.45) is 4.90. The van der Waals surface area contributed by atoms with E-state index in [1.165, 1.54) is 13.2 Å². The standard InChI is InChI=1S/C26H35FN6O4/c1-25(2,36)15-32-8-5-17(14-32)29-23(34)16-4-9-33(26(12-16)6-7-26)24(35)21-11-20(30-31-21)18-10-22(37-3)28-13-19(18)27/h10-11,13,16-17,36H,4-9,12,14-15H2,1-3H3,(H,29,34)(H,30,31)/t16-,17?/m1/s1. The van der Waals surface area contributed by atoms with Gasteiger partial charge in [0.1, 0.15) is 5.69 Å². The number of carbonyl (C=O) groups excluding carboxylic acids is 2. The molecule has 3 N–H and O–H groups in total. The Labute approximate surface area is 215 Å². The summed E-state index contributed by atoms with van der Waals surface area (Å²) in [5, 5.41) is 20.2. The van der Waals surface area contributed by atoms with Crippen molar-refractivity contribution < 1.29 is 23.8 Å². The largest absolute Gasteiger partial charge is 0.481 e. The van der Waals surface area contributed by atoms with Crippen LogP contribution in [0.5, 0.6) is 5.88 Å². The predicted molar refractivity (Wildman–Crippen MR) is 133 cm³/mol. The lowest BCUT2D eigenvalue weighted by molar-refractivity contribution is -0.127. The van der Waals surface area contributed by atoms with Crippen molar-refractivity contribution in [3.8, 4) is 17.1 Å². The van der Waals surface area contributed by atoms with Crippen LogP contribution in [-0.4, -0.2) is 92.4 Å². The number of aliphatic hydroxyl groups is 1. The maximum atomic E-state index is 14.3. The lowest BCUT2D eigenvalue weighted by Crippen LogP contribution is -2.52. The number of amides is 2. The number of carbonyl (C=O) groups is 2. The van der Waals surface area contributed by atoms with Crippen LogP contribution >= 0.6 is 0 Å². The fraction of sp³-hybridized carbons (Fsp3) is 0.615. The highest BCUT2D eigenvalue weighted by Crippen LogP contribution is 2.50. The first-order valence-corrected chi connectivity index (χ1v) is 12.9. The van der Waals surface area contributed by atoms with Gasteiger partial charge in [0.15, 0.2) is 5.82 Å². The molecule has 2 aliphatic heterocycles. The number of ether oxygens (including phenoxy) is 1. The Morgan fingerprint density at radius 3 is 2.78 bits per heavy atom. The van der Waals surface area contributed by atoms with Crippen molar-refractivity contribution in [3.63, 3.8) is 0 Å². The van der Waals surface area contributed by atoms with Gasteiger partial charge in [-0.15, -0.1) is 0 Å². The van der Waals surface area contributed by atoms with Gasteiger partial charge in [-0.2, -0.15) is 5.10 Å². The Bertz CT molecular complexity index is 1170. The number of aromatic nitrogens is 3. The zero-order chi connectivity index (χ0) is 26.4. The Hall–Kier alpha value is -3.05. The molecule has 4 heterocycles. The summed E-state index contributed by atoms with van der Waals surface area (Å²) in [6.45, 7) is 6.25. The van der Waals surface area contributed by atoms with E-state index in [0.29, 0.717) is 31.6 Å². The van der Waals surface area contributed by atoms with Crippen LogP contribution < -0.4 is 10.1 Å². The number of H-pyrrole nitrogens is 1. The van der Waals surface area contributed by atoms with Gasteiger partial charge in [-0.25, -0.2) is 9.37 Å². The molecule has 2 aromatic heterocycles. The van der Waals surface area contributed by atoms with Crippen LogP contribution in [0.15, 0.2) is 18.3 Å². The molecule has 1 saturated carbocycles. The van der Waals surface area contributed by atoms with Crippen LogP contribution in [-0.2, 0) is 4.79 Å². The zero-order valence-corrected chi connectivity index (χ0v) is 21.6. The molecule has 5 rings (SSSR count). The van der Waals surface area contributed by atoms with Crippen LogP contribution in [0, 0.1) is 11.7 Å². The summed E-state index contributed by atoms with van der Waals surface area (Å²) in [5.41, 5.74) is -0.276. The summed E-state index contributed by atoms with van der Waals surface area (Å²) in [6, 6.07) is 3.08. The molecule has 2 aromatic rings. The minimum atomic E-state index is -0.759. The minimum Gasteiger partial charge on any atom is -0.481 e. The van der Waals surface area contributed by atoms with Crippen molar-refractivity contribution in [3.05, 3.63) is 29.8 Å². The first kappa shape index (κ1) is 25.6. The Balaban J connectivity index is 1.20. The molecule has 0 radical (unpaired) electrons. The molecule has 3 aliphatic rings. The minimum absolute atomic E-state index is 0.0550. The van der Waals surface area contributed by atoms with Crippen LogP contribution in [0.2, 0.25) is 0 Å². The molecular weight excluding hydrogens is 479 g/mol. The molecule has 1 unspecified atom stereocenters. The Morgan fingerprint density at radius 1 is 1.30 bits per heavy atom. The van der Waals surface area contributed by atoms with Gasteiger partial charge < -0.3 is 20.1 Å². The molecule has 11 heteroatoms. The number of piperidine rings is 1. The zero-order valence-electron chi connectivity index (χ0n) is 21.6. The number of halogens is 1. The molecule has 10 nitrogen and oxygen atoms in total. The number of nitrogens with one attached hydrogen (secondary N) is 2. The molecule has 37 heavy (non-hydrogen) atoms. The highest BCUT2D eigenvalue weighted by atomic mass is 19.1. The third kappa shape index (κ3) is 5.47. The second-order valence-electron chi connectivity index (χ2n) is 11.3. The first-order valence-electron chi connectivity index (χ1n) is 12.9. The van der Waals surface area contributed by atoms with E-state index < -0.39 is 11.4 Å². The number of likely N-dealkylation sites (tertiary alicyclic amines) is 2. The summed E-state index contributed by atoms with van der Waals surface area (Å²) in [7, 11) is 1.45. The molecule has 2 saturated heterocycles. The Kier molecular flexibility index (Phi) is 6.70. The average Bonchev–Trinajstić information content (AvgIpc) is 3.23. The molecule has 1 aliphatic carbocycles. The van der Waals surface area contributed by atoms with E-state index >= 15 is 0 Å². The predicted octanol–water partition coefficient (Wildman–Crippen LogP) is 1.97. The highest BCUT2D eigenvalue weighted by Gasteiger charge is 2.54. The van der Waals surface area contributed by atoms with Gasteiger partial charge >= 0.3 is 0 Å². The van der Waals surface area contributed by atoms with Gasteiger partial charge in [0, 0.05) is 55.3 Å². The van der Waals surface area contributed by atoms with Crippen molar-refractivity contribution in [2.75, 3.05) is 33.3 Å². The monoisotopic (exact) mass is 514 g/mol. The average molecular weight is 515 g/mol. The van der Waals surface area contributed by atoms with Crippen LogP contribution in [0.25, 0.3) is 11.3 Å². The molecule has 2 atom stereocenters. The van der Waals surface area contributed by atoms with Gasteiger partial charge in [0.2, 0.25) is 11.8 Å². The SMILES string of the molecule is COc1cc(-c2cc(C(=O)N3CC[C@@H](C(=O)NC4CCN(CC(C)(C)O)C4)CC34CC4)[nH]n2)c(F)cn1. The van der Waals surface area contributed by atoms with Crippen molar-refractivity contribution in [1.29, 1.82) is 0 Å². The van der Waals surface area contributed by atoms with Crippen LogP contribution in [0.1, 0.15) is 56.4 Å². The lowest BCUT2D eigenvalue weighted by Gasteiger charge is -2.39. The maximum absolute atomic E-state index is 14.3. The van der Waals surface area contributed by atoms with E-state index in [2.05, 4.69) is 25.4 Å². The van der Waals surface area contributed by atoms with E-state index in [-0.39, 0.29) is 46.5 Å². The number of hydrogen-bond donors (Lipinski definition) is 3. The normalized spacial score (nSPS) is 23.3. The highest BCUT2D eigenvalue weighted by molar-refractivity contribution is 5.94. The number of nitrogens with zero attached hydrogens (tertiary/aromatic N) is 4. The molecule has 200 valence electrons.